The summed E-state index contributed by atoms with van der Waals surface area (Å²) in [6.07, 6.45) is 7.11. The van der Waals surface area contributed by atoms with Crippen LogP contribution in [0, 0.1) is 23.2 Å². The van der Waals surface area contributed by atoms with Crippen molar-refractivity contribution in [2.45, 2.75) is 0 Å². The SMILES string of the molecule is C=C(C(N)=O)c1ccc(C#Cc2cc(-c3cnn(C)c3)cn3ncc(C#N)c23)cc1N1CCN(C)CC1. The zero-order chi connectivity index (χ0) is 26.1. The molecule has 9 heteroatoms. The van der Waals surface area contributed by atoms with Gasteiger partial charge in [0.15, 0.2) is 0 Å². The number of aromatic nitrogens is 4. The smallest absolute Gasteiger partial charge is 0.248 e. The van der Waals surface area contributed by atoms with Gasteiger partial charge >= 0.3 is 0 Å². The van der Waals surface area contributed by atoms with Gasteiger partial charge in [-0.15, -0.1) is 0 Å². The molecule has 5 rings (SSSR count). The molecule has 184 valence electrons. The topological polar surface area (TPSA) is 108 Å². The van der Waals surface area contributed by atoms with Crippen LogP contribution < -0.4 is 10.6 Å². The molecule has 0 bridgehead atoms. The Morgan fingerprint density at radius 2 is 1.78 bits per heavy atom. The van der Waals surface area contributed by atoms with E-state index in [2.05, 4.69) is 51.5 Å². The molecule has 0 radical (unpaired) electrons. The zero-order valence-corrected chi connectivity index (χ0v) is 20.8. The molecule has 1 fully saturated rings. The highest BCUT2D eigenvalue weighted by Crippen LogP contribution is 2.29. The summed E-state index contributed by atoms with van der Waals surface area (Å²) in [4.78, 5) is 16.4. The number of amides is 1. The van der Waals surface area contributed by atoms with E-state index in [4.69, 9.17) is 5.73 Å². The number of rotatable bonds is 4. The standard InChI is InChI=1S/C28H26N8O/c1-19(28(30)37)25-7-5-20(12-26(25)35-10-8-33(2)9-11-35)4-6-21-13-22(24-16-31-34(3)17-24)18-36-27(21)23(14-29)15-32-36/h5,7,12-13,15-18H,1,8-11H2,2-3H3,(H2,30,37). The number of anilines is 1. The van der Waals surface area contributed by atoms with Gasteiger partial charge in [-0.25, -0.2) is 4.52 Å². The summed E-state index contributed by atoms with van der Waals surface area (Å²) >= 11 is 0. The number of nitrogens with two attached hydrogens (primary N) is 1. The molecule has 4 aromatic rings. The van der Waals surface area contributed by atoms with Crippen LogP contribution in [0.3, 0.4) is 0 Å². The van der Waals surface area contributed by atoms with Crippen molar-refractivity contribution in [1.82, 2.24) is 24.3 Å². The second-order valence-electron chi connectivity index (χ2n) is 9.12. The van der Waals surface area contributed by atoms with E-state index in [1.165, 1.54) is 0 Å². The Labute approximate surface area is 215 Å². The van der Waals surface area contributed by atoms with Crippen LogP contribution in [-0.4, -0.2) is 63.4 Å². The van der Waals surface area contributed by atoms with Crippen LogP contribution in [0.2, 0.25) is 0 Å². The molecule has 1 amide bonds. The van der Waals surface area contributed by atoms with Crippen LogP contribution >= 0.6 is 0 Å². The maximum Gasteiger partial charge on any atom is 0.248 e. The molecule has 3 aromatic heterocycles. The Balaban J connectivity index is 1.60. The van der Waals surface area contributed by atoms with Crippen molar-refractivity contribution in [3.05, 3.63) is 77.9 Å². The predicted octanol–water partition coefficient (Wildman–Crippen LogP) is 2.26. The third-order valence-electron chi connectivity index (χ3n) is 6.58. The molecule has 0 unspecified atom stereocenters. The fourth-order valence-corrected chi connectivity index (χ4v) is 4.47. The highest BCUT2D eigenvalue weighted by atomic mass is 16.1. The van der Waals surface area contributed by atoms with Gasteiger partial charge in [-0.05, 0) is 25.2 Å². The third-order valence-corrected chi connectivity index (χ3v) is 6.58. The Kier molecular flexibility index (Phi) is 6.22. The van der Waals surface area contributed by atoms with Gasteiger partial charge in [-0.3, -0.25) is 9.48 Å². The van der Waals surface area contributed by atoms with Crippen LogP contribution in [0.1, 0.15) is 22.3 Å². The van der Waals surface area contributed by atoms with E-state index < -0.39 is 5.91 Å². The van der Waals surface area contributed by atoms with Crippen molar-refractivity contribution in [3.63, 3.8) is 0 Å². The van der Waals surface area contributed by atoms with Crippen LogP contribution in [0.5, 0.6) is 0 Å². The van der Waals surface area contributed by atoms with E-state index in [1.54, 1.807) is 21.6 Å². The first-order valence-corrected chi connectivity index (χ1v) is 11.8. The number of pyridine rings is 1. The van der Waals surface area contributed by atoms with Crippen LogP contribution in [0.4, 0.5) is 5.69 Å². The number of aryl methyl sites for hydroxylation is 1. The Morgan fingerprint density at radius 1 is 1.00 bits per heavy atom. The number of benzene rings is 1. The number of hydrogen-bond acceptors (Lipinski definition) is 6. The van der Waals surface area contributed by atoms with Gasteiger partial charge in [0.2, 0.25) is 5.91 Å². The first kappa shape index (κ1) is 23.9. The lowest BCUT2D eigenvalue weighted by Crippen LogP contribution is -2.44. The molecule has 9 nitrogen and oxygen atoms in total. The van der Waals surface area contributed by atoms with Crippen molar-refractivity contribution in [3.8, 4) is 29.0 Å². The lowest BCUT2D eigenvalue weighted by atomic mass is 10.0. The monoisotopic (exact) mass is 490 g/mol. The van der Waals surface area contributed by atoms with Crippen molar-refractivity contribution in [2.75, 3.05) is 38.1 Å². The quantitative estimate of drug-likeness (QED) is 0.347. The first-order chi connectivity index (χ1) is 17.8. The molecule has 1 aliphatic rings. The van der Waals surface area contributed by atoms with Gasteiger partial charge in [0, 0.05) is 79.1 Å². The van der Waals surface area contributed by atoms with Gasteiger partial charge in [0.25, 0.3) is 0 Å². The van der Waals surface area contributed by atoms with Gasteiger partial charge in [0.05, 0.1) is 29.0 Å². The fourth-order valence-electron chi connectivity index (χ4n) is 4.47. The van der Waals surface area contributed by atoms with E-state index in [9.17, 15) is 10.1 Å². The summed E-state index contributed by atoms with van der Waals surface area (Å²) in [5.41, 5.74) is 11.8. The molecule has 0 aliphatic carbocycles. The first-order valence-electron chi connectivity index (χ1n) is 11.8. The van der Waals surface area contributed by atoms with E-state index in [1.807, 2.05) is 43.7 Å². The number of fused-ring (bicyclic) bond motifs is 1. The number of piperazine rings is 1. The minimum atomic E-state index is -0.548. The highest BCUT2D eigenvalue weighted by Gasteiger charge is 2.20. The fraction of sp³-hybridized carbons (Fsp3) is 0.214. The van der Waals surface area contributed by atoms with E-state index in [0.29, 0.717) is 22.2 Å². The normalized spacial score (nSPS) is 13.7. The largest absolute Gasteiger partial charge is 0.368 e. The summed E-state index contributed by atoms with van der Waals surface area (Å²) in [6, 6.07) is 9.85. The molecule has 0 atom stereocenters. The molecule has 1 aromatic carbocycles. The van der Waals surface area contributed by atoms with Gasteiger partial charge in [-0.2, -0.15) is 15.5 Å². The van der Waals surface area contributed by atoms with Crippen molar-refractivity contribution in [1.29, 1.82) is 5.26 Å². The average Bonchev–Trinajstić information content (AvgIpc) is 3.53. The van der Waals surface area contributed by atoms with Crippen molar-refractivity contribution >= 4 is 22.7 Å². The van der Waals surface area contributed by atoms with Crippen molar-refractivity contribution < 1.29 is 4.79 Å². The summed E-state index contributed by atoms with van der Waals surface area (Å²) in [5.74, 6) is 5.97. The lowest BCUT2D eigenvalue weighted by Gasteiger charge is -2.35. The number of hydrogen-bond donors (Lipinski definition) is 1. The third kappa shape index (κ3) is 4.68. The molecule has 37 heavy (non-hydrogen) atoms. The summed E-state index contributed by atoms with van der Waals surface area (Å²) in [6.45, 7) is 7.38. The number of carbonyl (C=O) groups excluding carboxylic acids is 1. The number of likely N-dealkylation sites (N-methyl/N-ethyl adjacent to an activating group) is 1. The maximum atomic E-state index is 11.9. The molecule has 1 saturated heterocycles. The maximum absolute atomic E-state index is 11.9. The molecule has 0 saturated carbocycles. The second kappa shape index (κ2) is 9.65. The molecular formula is C28H26N8O. The molecule has 0 spiro atoms. The zero-order valence-electron chi connectivity index (χ0n) is 20.8. The molecule has 1 aliphatic heterocycles. The minimum absolute atomic E-state index is 0.275. The van der Waals surface area contributed by atoms with Crippen molar-refractivity contribution in [2.24, 2.45) is 12.8 Å². The average molecular weight is 491 g/mol. The highest BCUT2D eigenvalue weighted by molar-refractivity contribution is 6.19. The Bertz CT molecular complexity index is 1630. The minimum Gasteiger partial charge on any atom is -0.368 e. The summed E-state index contributed by atoms with van der Waals surface area (Å²) in [7, 11) is 3.95. The summed E-state index contributed by atoms with van der Waals surface area (Å²) in [5, 5.41) is 18.3. The van der Waals surface area contributed by atoms with Gasteiger partial charge < -0.3 is 15.5 Å². The van der Waals surface area contributed by atoms with E-state index in [-0.39, 0.29) is 5.57 Å². The van der Waals surface area contributed by atoms with E-state index in [0.717, 1.165) is 48.6 Å². The van der Waals surface area contributed by atoms with Gasteiger partial charge in [-0.1, -0.05) is 24.5 Å². The molecule has 2 N–H and O–H groups in total. The number of primary amides is 1. The number of nitrogens with zero attached hydrogens (tertiary/aromatic N) is 7. The van der Waals surface area contributed by atoms with Crippen LogP contribution in [0.15, 0.2) is 55.6 Å². The summed E-state index contributed by atoms with van der Waals surface area (Å²) < 4.78 is 3.41. The predicted molar refractivity (Wildman–Crippen MR) is 142 cm³/mol. The second-order valence-corrected chi connectivity index (χ2v) is 9.12. The molecule has 4 heterocycles. The lowest BCUT2D eigenvalue weighted by molar-refractivity contribution is -0.112. The van der Waals surface area contributed by atoms with Crippen LogP contribution in [-0.2, 0) is 11.8 Å². The van der Waals surface area contributed by atoms with Crippen LogP contribution in [0.25, 0.3) is 22.2 Å². The van der Waals surface area contributed by atoms with Gasteiger partial charge in [0.1, 0.15) is 6.07 Å². The Morgan fingerprint density at radius 3 is 2.46 bits per heavy atom. The van der Waals surface area contributed by atoms with E-state index >= 15 is 0 Å². The number of nitriles is 1. The Hall–Kier alpha value is -4.86. The number of carbonyl (C=O) groups is 1. The molecular weight excluding hydrogens is 464 g/mol.